The number of nitrogens with zero attached hydrogens (tertiary/aromatic N) is 3. The number of aryl methyl sites for hydroxylation is 1. The second-order valence-electron chi connectivity index (χ2n) is 6.01. The highest BCUT2D eigenvalue weighted by molar-refractivity contribution is 6.04. The number of rotatable bonds is 6. The molecule has 1 aromatic heterocycles. The van der Waals surface area contributed by atoms with Crippen LogP contribution in [0.15, 0.2) is 67.0 Å². The van der Waals surface area contributed by atoms with Crippen molar-refractivity contribution in [3.63, 3.8) is 0 Å². The molecule has 0 unspecified atom stereocenters. The monoisotopic (exact) mass is 346 g/mol. The number of benzene rings is 2. The average molecular weight is 346 g/mol. The van der Waals surface area contributed by atoms with Gasteiger partial charge in [-0.25, -0.2) is 9.97 Å². The summed E-state index contributed by atoms with van der Waals surface area (Å²) < 4.78 is 0. The maximum atomic E-state index is 12.8. The molecule has 3 aromatic rings. The Balaban J connectivity index is 1.69. The van der Waals surface area contributed by atoms with Crippen LogP contribution in [-0.4, -0.2) is 22.4 Å². The molecule has 3 rings (SSSR count). The van der Waals surface area contributed by atoms with E-state index in [0.29, 0.717) is 24.6 Å². The first kappa shape index (κ1) is 17.6. The van der Waals surface area contributed by atoms with Crippen molar-refractivity contribution in [2.45, 2.75) is 20.4 Å². The Morgan fingerprint density at radius 2 is 1.85 bits per heavy atom. The minimum absolute atomic E-state index is 0.153. The van der Waals surface area contributed by atoms with Crippen LogP contribution in [0.4, 0.5) is 11.5 Å². The largest absolute Gasteiger partial charge is 0.365 e. The highest BCUT2D eigenvalue weighted by Gasteiger charge is 2.17. The van der Waals surface area contributed by atoms with Gasteiger partial charge in [0.2, 0.25) is 0 Å². The van der Waals surface area contributed by atoms with Crippen LogP contribution in [0.2, 0.25) is 0 Å². The molecule has 2 aromatic carbocycles. The number of anilines is 2. The van der Waals surface area contributed by atoms with Crippen LogP contribution >= 0.6 is 0 Å². The second kappa shape index (κ2) is 8.25. The van der Waals surface area contributed by atoms with Gasteiger partial charge in [0, 0.05) is 18.8 Å². The Morgan fingerprint density at radius 3 is 2.50 bits per heavy atom. The lowest BCUT2D eigenvalue weighted by atomic mass is 10.2. The fourth-order valence-electron chi connectivity index (χ4n) is 2.70. The number of nitrogens with one attached hydrogen (secondary N) is 1. The molecular weight excluding hydrogens is 324 g/mol. The van der Waals surface area contributed by atoms with Gasteiger partial charge in [0.15, 0.2) is 0 Å². The van der Waals surface area contributed by atoms with Crippen molar-refractivity contribution in [2.75, 3.05) is 16.8 Å². The summed E-state index contributed by atoms with van der Waals surface area (Å²) in [6, 6.07) is 17.9. The highest BCUT2D eigenvalue weighted by Crippen LogP contribution is 2.18. The first-order valence-corrected chi connectivity index (χ1v) is 8.65. The SMILES string of the molecule is CCN(C(=O)c1cnc(NCc2ccccc2)cn1)c1cccc(C)c1. The van der Waals surface area contributed by atoms with Gasteiger partial charge in [0.1, 0.15) is 11.5 Å². The second-order valence-corrected chi connectivity index (χ2v) is 6.01. The lowest BCUT2D eigenvalue weighted by molar-refractivity contribution is 0.0983. The van der Waals surface area contributed by atoms with Crippen LogP contribution in [0.3, 0.4) is 0 Å². The standard InChI is InChI=1S/C21H22N4O/c1-3-25(18-11-7-8-16(2)12-18)21(26)19-14-24-20(15-22-19)23-13-17-9-5-4-6-10-17/h4-12,14-15H,3,13H2,1-2H3,(H,23,24). The van der Waals surface area contributed by atoms with Crippen molar-refractivity contribution in [2.24, 2.45) is 0 Å². The number of carbonyl (C=O) groups is 1. The average Bonchev–Trinajstić information content (AvgIpc) is 2.68. The molecule has 0 atom stereocenters. The number of carbonyl (C=O) groups excluding carboxylic acids is 1. The number of hydrogen-bond donors (Lipinski definition) is 1. The van der Waals surface area contributed by atoms with E-state index in [1.807, 2.05) is 68.4 Å². The van der Waals surface area contributed by atoms with E-state index < -0.39 is 0 Å². The van der Waals surface area contributed by atoms with Gasteiger partial charge < -0.3 is 10.2 Å². The predicted octanol–water partition coefficient (Wildman–Crippen LogP) is 4.06. The molecular formula is C21H22N4O. The maximum Gasteiger partial charge on any atom is 0.278 e. The molecule has 26 heavy (non-hydrogen) atoms. The third-order valence-corrected chi connectivity index (χ3v) is 4.06. The van der Waals surface area contributed by atoms with Crippen molar-refractivity contribution in [3.8, 4) is 0 Å². The maximum absolute atomic E-state index is 12.8. The van der Waals surface area contributed by atoms with E-state index in [9.17, 15) is 4.79 Å². The summed E-state index contributed by atoms with van der Waals surface area (Å²) in [7, 11) is 0. The molecule has 0 spiro atoms. The van der Waals surface area contributed by atoms with E-state index in [4.69, 9.17) is 0 Å². The van der Waals surface area contributed by atoms with Gasteiger partial charge in [0.25, 0.3) is 5.91 Å². The molecule has 0 bridgehead atoms. The minimum Gasteiger partial charge on any atom is -0.365 e. The van der Waals surface area contributed by atoms with Crippen LogP contribution in [0, 0.1) is 6.92 Å². The smallest absolute Gasteiger partial charge is 0.278 e. The minimum atomic E-state index is -0.153. The lowest BCUT2D eigenvalue weighted by Crippen LogP contribution is -2.31. The van der Waals surface area contributed by atoms with Gasteiger partial charge in [-0.2, -0.15) is 0 Å². The number of aromatic nitrogens is 2. The number of amides is 1. The van der Waals surface area contributed by atoms with Crippen LogP contribution in [0.1, 0.15) is 28.5 Å². The van der Waals surface area contributed by atoms with E-state index in [1.54, 1.807) is 11.1 Å². The zero-order valence-corrected chi connectivity index (χ0v) is 15.0. The molecule has 1 amide bonds. The molecule has 0 aliphatic heterocycles. The van der Waals surface area contributed by atoms with Crippen LogP contribution in [-0.2, 0) is 6.54 Å². The van der Waals surface area contributed by atoms with Crippen LogP contribution in [0.5, 0.6) is 0 Å². The Kier molecular flexibility index (Phi) is 5.59. The zero-order valence-electron chi connectivity index (χ0n) is 15.0. The van der Waals surface area contributed by atoms with Gasteiger partial charge in [0.05, 0.1) is 12.4 Å². The predicted molar refractivity (Wildman–Crippen MR) is 104 cm³/mol. The summed E-state index contributed by atoms with van der Waals surface area (Å²) in [5.74, 6) is 0.490. The molecule has 1 N–H and O–H groups in total. The fraction of sp³-hybridized carbons (Fsp3) is 0.190. The molecule has 5 nitrogen and oxygen atoms in total. The normalized spacial score (nSPS) is 10.4. The van der Waals surface area contributed by atoms with E-state index in [-0.39, 0.29) is 5.91 Å². The van der Waals surface area contributed by atoms with E-state index in [0.717, 1.165) is 16.8 Å². The van der Waals surface area contributed by atoms with Crippen molar-refractivity contribution in [1.82, 2.24) is 9.97 Å². The topological polar surface area (TPSA) is 58.1 Å². The number of hydrogen-bond acceptors (Lipinski definition) is 4. The molecule has 0 saturated heterocycles. The third kappa shape index (κ3) is 4.25. The van der Waals surface area contributed by atoms with Crippen molar-refractivity contribution >= 4 is 17.4 Å². The molecule has 132 valence electrons. The van der Waals surface area contributed by atoms with Crippen molar-refractivity contribution in [1.29, 1.82) is 0 Å². The molecule has 1 heterocycles. The Hall–Kier alpha value is -3.21. The third-order valence-electron chi connectivity index (χ3n) is 4.06. The Bertz CT molecular complexity index is 863. The van der Waals surface area contributed by atoms with E-state index >= 15 is 0 Å². The van der Waals surface area contributed by atoms with Gasteiger partial charge in [-0.3, -0.25) is 4.79 Å². The van der Waals surface area contributed by atoms with E-state index in [2.05, 4.69) is 15.3 Å². The zero-order chi connectivity index (χ0) is 18.4. The lowest BCUT2D eigenvalue weighted by Gasteiger charge is -2.21. The van der Waals surface area contributed by atoms with Crippen molar-refractivity contribution in [3.05, 3.63) is 83.8 Å². The van der Waals surface area contributed by atoms with Gasteiger partial charge in [-0.1, -0.05) is 42.5 Å². The molecule has 0 aliphatic rings. The highest BCUT2D eigenvalue weighted by atomic mass is 16.2. The van der Waals surface area contributed by atoms with Gasteiger partial charge >= 0.3 is 0 Å². The summed E-state index contributed by atoms with van der Waals surface area (Å²) >= 11 is 0. The summed E-state index contributed by atoms with van der Waals surface area (Å²) in [4.78, 5) is 23.1. The summed E-state index contributed by atoms with van der Waals surface area (Å²) in [6.45, 7) is 5.18. The van der Waals surface area contributed by atoms with Crippen LogP contribution in [0.25, 0.3) is 0 Å². The van der Waals surface area contributed by atoms with Crippen molar-refractivity contribution < 1.29 is 4.79 Å². The van der Waals surface area contributed by atoms with E-state index in [1.165, 1.54) is 6.20 Å². The van der Waals surface area contributed by atoms with Gasteiger partial charge in [-0.05, 0) is 37.1 Å². The summed E-state index contributed by atoms with van der Waals surface area (Å²) in [5, 5.41) is 3.21. The van der Waals surface area contributed by atoms with Gasteiger partial charge in [-0.15, -0.1) is 0 Å². The summed E-state index contributed by atoms with van der Waals surface area (Å²) in [5.41, 5.74) is 3.47. The quantitative estimate of drug-likeness (QED) is 0.731. The molecule has 0 radical (unpaired) electrons. The Labute approximate surface area is 153 Å². The summed E-state index contributed by atoms with van der Waals surface area (Å²) in [6.07, 6.45) is 3.12. The first-order chi connectivity index (χ1) is 12.7. The molecule has 0 aliphatic carbocycles. The molecule has 0 fully saturated rings. The molecule has 5 heteroatoms. The molecule has 0 saturated carbocycles. The van der Waals surface area contributed by atoms with Crippen LogP contribution < -0.4 is 10.2 Å². The fourth-order valence-corrected chi connectivity index (χ4v) is 2.70. The Morgan fingerprint density at radius 1 is 1.04 bits per heavy atom. The first-order valence-electron chi connectivity index (χ1n) is 8.65.